The molecular weight excluding hydrogens is 198 g/mol. The second-order valence-electron chi connectivity index (χ2n) is 3.41. The Morgan fingerprint density at radius 3 is 2.43 bits per heavy atom. The molecule has 0 saturated carbocycles. The minimum atomic E-state index is 0. The largest absolute Gasteiger partial charge is 0.307 e. The highest BCUT2D eigenvalue weighted by molar-refractivity contribution is 5.85. The van der Waals surface area contributed by atoms with Gasteiger partial charge in [-0.2, -0.15) is 0 Å². The lowest BCUT2D eigenvalue weighted by Gasteiger charge is -2.18. The SMILES string of the molecule is CCN=C=NCCCC(C)N(C)C.Cl. The summed E-state index contributed by atoms with van der Waals surface area (Å²) in [5, 5.41) is 0. The van der Waals surface area contributed by atoms with E-state index in [1.807, 2.05) is 6.92 Å². The van der Waals surface area contributed by atoms with Gasteiger partial charge in [-0.05, 0) is 40.8 Å². The molecule has 0 fully saturated rings. The van der Waals surface area contributed by atoms with E-state index in [-0.39, 0.29) is 12.4 Å². The van der Waals surface area contributed by atoms with Crippen LogP contribution in [0.1, 0.15) is 26.7 Å². The van der Waals surface area contributed by atoms with Crippen molar-refractivity contribution in [3.63, 3.8) is 0 Å². The third-order valence-corrected chi connectivity index (χ3v) is 2.07. The van der Waals surface area contributed by atoms with Gasteiger partial charge in [-0.25, -0.2) is 9.98 Å². The van der Waals surface area contributed by atoms with Crippen molar-refractivity contribution in [2.75, 3.05) is 27.2 Å². The average Bonchev–Trinajstić information content (AvgIpc) is 2.10. The second-order valence-corrected chi connectivity index (χ2v) is 3.41. The summed E-state index contributed by atoms with van der Waals surface area (Å²) in [6, 6.07) is 3.31. The molecule has 0 saturated heterocycles. The molecule has 0 spiro atoms. The normalized spacial score (nSPS) is 11.5. The van der Waals surface area contributed by atoms with Gasteiger partial charge in [0.25, 0.3) is 0 Å². The number of nitrogens with zero attached hydrogens (tertiary/aromatic N) is 3. The molecule has 0 aromatic heterocycles. The van der Waals surface area contributed by atoms with Gasteiger partial charge in [-0.1, -0.05) is 0 Å². The van der Waals surface area contributed by atoms with E-state index < -0.39 is 0 Å². The van der Waals surface area contributed by atoms with Crippen LogP contribution < -0.4 is 0 Å². The van der Waals surface area contributed by atoms with Crippen molar-refractivity contribution in [1.82, 2.24) is 4.90 Å². The molecule has 1 unspecified atom stereocenters. The van der Waals surface area contributed by atoms with E-state index in [4.69, 9.17) is 0 Å². The predicted octanol–water partition coefficient (Wildman–Crippen LogP) is 2.33. The Bertz CT molecular complexity index is 174. The molecule has 0 rings (SSSR count). The Labute approximate surface area is 93.7 Å². The van der Waals surface area contributed by atoms with Gasteiger partial charge in [0.05, 0.1) is 6.01 Å². The highest BCUT2D eigenvalue weighted by Gasteiger charge is 2.02. The molecule has 4 heteroatoms. The standard InChI is InChI=1S/C10H21N3.ClH/c1-5-11-9-12-8-6-7-10(2)13(3)4;/h10H,5-8H2,1-4H3;1H. The van der Waals surface area contributed by atoms with Crippen molar-refractivity contribution in [3.8, 4) is 0 Å². The number of rotatable bonds is 6. The first-order valence-electron chi connectivity index (χ1n) is 4.93. The third kappa shape index (κ3) is 9.72. The zero-order valence-corrected chi connectivity index (χ0v) is 10.5. The van der Waals surface area contributed by atoms with Crippen LogP contribution in [-0.2, 0) is 0 Å². The molecule has 0 aliphatic carbocycles. The van der Waals surface area contributed by atoms with E-state index in [1.54, 1.807) is 0 Å². The van der Waals surface area contributed by atoms with E-state index in [1.165, 1.54) is 6.42 Å². The van der Waals surface area contributed by atoms with Crippen molar-refractivity contribution in [2.24, 2.45) is 9.98 Å². The average molecular weight is 220 g/mol. The van der Waals surface area contributed by atoms with Crippen LogP contribution in [-0.4, -0.2) is 44.1 Å². The molecule has 84 valence electrons. The van der Waals surface area contributed by atoms with E-state index >= 15 is 0 Å². The highest BCUT2D eigenvalue weighted by Crippen LogP contribution is 2.01. The molecule has 0 heterocycles. The van der Waals surface area contributed by atoms with Gasteiger partial charge < -0.3 is 4.90 Å². The van der Waals surface area contributed by atoms with Crippen LogP contribution in [0.15, 0.2) is 9.98 Å². The summed E-state index contributed by atoms with van der Waals surface area (Å²) < 4.78 is 0. The van der Waals surface area contributed by atoms with Crippen LogP contribution in [0.5, 0.6) is 0 Å². The van der Waals surface area contributed by atoms with E-state index in [0.717, 1.165) is 19.5 Å². The molecule has 0 amide bonds. The van der Waals surface area contributed by atoms with Gasteiger partial charge in [0.15, 0.2) is 0 Å². The first-order valence-corrected chi connectivity index (χ1v) is 4.93. The van der Waals surface area contributed by atoms with Crippen LogP contribution in [0.3, 0.4) is 0 Å². The summed E-state index contributed by atoms with van der Waals surface area (Å²) in [6.45, 7) is 5.83. The van der Waals surface area contributed by atoms with Crippen LogP contribution in [0, 0.1) is 0 Å². The Kier molecular flexibility index (Phi) is 12.3. The first kappa shape index (κ1) is 16.1. The fraction of sp³-hybridized carbons (Fsp3) is 0.900. The van der Waals surface area contributed by atoms with Crippen LogP contribution in [0.4, 0.5) is 0 Å². The van der Waals surface area contributed by atoms with E-state index in [0.29, 0.717) is 6.04 Å². The number of hydrogen-bond donors (Lipinski definition) is 0. The molecule has 0 radical (unpaired) electrons. The van der Waals surface area contributed by atoms with Crippen molar-refractivity contribution < 1.29 is 0 Å². The van der Waals surface area contributed by atoms with Gasteiger partial charge in [0.2, 0.25) is 0 Å². The lowest BCUT2D eigenvalue weighted by Crippen LogP contribution is -2.24. The highest BCUT2D eigenvalue weighted by atomic mass is 35.5. The molecule has 0 aromatic rings. The van der Waals surface area contributed by atoms with E-state index in [2.05, 4.69) is 41.9 Å². The van der Waals surface area contributed by atoms with Crippen molar-refractivity contribution in [1.29, 1.82) is 0 Å². The maximum Gasteiger partial charge on any atom is 0.0892 e. The molecule has 0 aliphatic rings. The van der Waals surface area contributed by atoms with Gasteiger partial charge in [0, 0.05) is 19.1 Å². The molecule has 0 N–H and O–H groups in total. The number of halogens is 1. The monoisotopic (exact) mass is 219 g/mol. The molecule has 0 bridgehead atoms. The smallest absolute Gasteiger partial charge is 0.0892 e. The lowest BCUT2D eigenvalue weighted by molar-refractivity contribution is 0.295. The summed E-state index contributed by atoms with van der Waals surface area (Å²) in [5.74, 6) is 0. The van der Waals surface area contributed by atoms with Gasteiger partial charge in [-0.3, -0.25) is 0 Å². The molecule has 0 aliphatic heterocycles. The summed E-state index contributed by atoms with van der Waals surface area (Å²) in [4.78, 5) is 10.2. The second kappa shape index (κ2) is 10.7. The van der Waals surface area contributed by atoms with E-state index in [9.17, 15) is 0 Å². The van der Waals surface area contributed by atoms with Crippen molar-refractivity contribution in [3.05, 3.63) is 0 Å². The summed E-state index contributed by atoms with van der Waals surface area (Å²) in [6.07, 6.45) is 2.30. The van der Waals surface area contributed by atoms with Crippen LogP contribution in [0.2, 0.25) is 0 Å². The minimum Gasteiger partial charge on any atom is -0.307 e. The minimum absolute atomic E-state index is 0. The zero-order valence-electron chi connectivity index (χ0n) is 9.66. The molecule has 14 heavy (non-hydrogen) atoms. The molecular formula is C10H22ClN3. The maximum absolute atomic E-state index is 4.06. The van der Waals surface area contributed by atoms with Crippen molar-refractivity contribution >= 4 is 18.4 Å². The number of hydrogen-bond acceptors (Lipinski definition) is 3. The van der Waals surface area contributed by atoms with Gasteiger partial charge >= 0.3 is 0 Å². The summed E-state index contributed by atoms with van der Waals surface area (Å²) in [7, 11) is 4.21. The fourth-order valence-electron chi connectivity index (χ4n) is 0.895. The van der Waals surface area contributed by atoms with Crippen molar-refractivity contribution in [2.45, 2.75) is 32.7 Å². The lowest BCUT2D eigenvalue weighted by atomic mass is 10.2. The Morgan fingerprint density at radius 1 is 1.29 bits per heavy atom. The maximum atomic E-state index is 4.06. The summed E-state index contributed by atoms with van der Waals surface area (Å²) in [5.41, 5.74) is 0. The van der Waals surface area contributed by atoms with Crippen LogP contribution >= 0.6 is 12.4 Å². The zero-order chi connectivity index (χ0) is 10.1. The Balaban J connectivity index is 0. The molecule has 0 aromatic carbocycles. The third-order valence-electron chi connectivity index (χ3n) is 2.07. The fourth-order valence-corrected chi connectivity index (χ4v) is 0.895. The quantitative estimate of drug-likeness (QED) is 0.498. The van der Waals surface area contributed by atoms with Gasteiger partial charge in [0.1, 0.15) is 0 Å². The van der Waals surface area contributed by atoms with Crippen LogP contribution in [0.25, 0.3) is 0 Å². The molecule has 1 atom stereocenters. The topological polar surface area (TPSA) is 28.0 Å². The predicted molar refractivity (Wildman–Crippen MR) is 64.9 cm³/mol. The Morgan fingerprint density at radius 2 is 1.93 bits per heavy atom. The summed E-state index contributed by atoms with van der Waals surface area (Å²) >= 11 is 0. The Hall–Kier alpha value is -0.370. The van der Waals surface area contributed by atoms with Gasteiger partial charge in [-0.15, -0.1) is 12.4 Å². The first-order chi connectivity index (χ1) is 6.18. The molecule has 3 nitrogen and oxygen atoms in total. The number of aliphatic imine (C=N–C) groups is 2.